The Hall–Kier alpha value is -1.15. The van der Waals surface area contributed by atoms with Gasteiger partial charge in [-0.2, -0.15) is 10.4 Å². The molecule has 4 nitrogen and oxygen atoms in total. The third-order valence-electron chi connectivity index (χ3n) is 2.28. The maximum absolute atomic E-state index is 10.9. The van der Waals surface area contributed by atoms with Crippen LogP contribution in [-0.2, 0) is 10.2 Å². The molecule has 1 saturated carbocycles. The number of hydrogen-bond acceptors (Lipinski definition) is 3. The van der Waals surface area contributed by atoms with Gasteiger partial charge in [0.15, 0.2) is 0 Å². The molecule has 0 radical (unpaired) electrons. The van der Waals surface area contributed by atoms with Gasteiger partial charge >= 0.3 is 0 Å². The van der Waals surface area contributed by atoms with Crippen molar-refractivity contribution < 1.29 is 4.79 Å². The fraction of sp³-hybridized carbons (Fsp3) is 0.375. The number of rotatable bonds is 1. The van der Waals surface area contributed by atoms with E-state index in [2.05, 4.69) is 32.2 Å². The quantitative estimate of drug-likeness (QED) is 0.804. The van der Waals surface area contributed by atoms with Crippen molar-refractivity contribution in [3.05, 3.63) is 16.4 Å². The molecule has 5 heteroatoms. The zero-order chi connectivity index (χ0) is 9.47. The Morgan fingerprint density at radius 2 is 2.38 bits per heavy atom. The summed E-state index contributed by atoms with van der Waals surface area (Å²) in [5.74, 6) is 0.128. The molecule has 1 fully saturated rings. The first kappa shape index (κ1) is 8.45. The van der Waals surface area contributed by atoms with Gasteiger partial charge in [0.05, 0.1) is 22.4 Å². The molecule has 1 aromatic rings. The van der Waals surface area contributed by atoms with E-state index in [9.17, 15) is 4.79 Å². The van der Waals surface area contributed by atoms with Crippen LogP contribution in [0.15, 0.2) is 10.7 Å². The van der Waals surface area contributed by atoms with Gasteiger partial charge in [-0.15, -0.1) is 0 Å². The molecule has 1 N–H and O–H groups in total. The minimum absolute atomic E-state index is 0.128. The van der Waals surface area contributed by atoms with Crippen LogP contribution >= 0.6 is 15.9 Å². The molecule has 13 heavy (non-hydrogen) atoms. The van der Waals surface area contributed by atoms with Gasteiger partial charge in [0.25, 0.3) is 0 Å². The third-order valence-corrected chi connectivity index (χ3v) is 2.88. The van der Waals surface area contributed by atoms with E-state index in [0.717, 1.165) is 10.2 Å². The molecule has 0 atom stereocenters. The molecule has 0 saturated heterocycles. The number of carbonyl (C=O) groups is 1. The highest BCUT2D eigenvalue weighted by Gasteiger charge is 2.47. The summed E-state index contributed by atoms with van der Waals surface area (Å²) in [4.78, 5) is 10.9. The third kappa shape index (κ3) is 1.10. The molecule has 2 rings (SSSR count). The molecule has 0 amide bonds. The predicted molar refractivity (Wildman–Crippen MR) is 47.8 cm³/mol. The molecular formula is C8H6BrN3O. The summed E-state index contributed by atoms with van der Waals surface area (Å²) in [6.07, 6.45) is 2.19. The first-order chi connectivity index (χ1) is 6.18. The second-order valence-electron chi connectivity index (χ2n) is 3.18. The zero-order valence-electron chi connectivity index (χ0n) is 6.67. The number of aromatic nitrogens is 2. The van der Waals surface area contributed by atoms with Gasteiger partial charge in [-0.05, 0) is 15.9 Å². The number of Topliss-reactive ketones (excluding diaryl/α,β-unsaturated/α-hetero) is 1. The van der Waals surface area contributed by atoms with Crippen LogP contribution in [0, 0.1) is 11.3 Å². The molecule has 1 heterocycles. The van der Waals surface area contributed by atoms with Gasteiger partial charge in [0.1, 0.15) is 11.2 Å². The van der Waals surface area contributed by atoms with E-state index in [1.165, 1.54) is 0 Å². The van der Waals surface area contributed by atoms with E-state index in [0.29, 0.717) is 12.8 Å². The first-order valence-corrected chi connectivity index (χ1v) is 4.59. The van der Waals surface area contributed by atoms with Gasteiger partial charge in [-0.1, -0.05) is 0 Å². The van der Waals surface area contributed by atoms with E-state index in [4.69, 9.17) is 5.26 Å². The maximum Gasteiger partial charge on any atom is 0.136 e. The number of ketones is 1. The lowest BCUT2D eigenvalue weighted by molar-refractivity contribution is -0.126. The van der Waals surface area contributed by atoms with E-state index in [1.807, 2.05) is 0 Å². The molecular weight excluding hydrogens is 234 g/mol. The molecule has 0 aromatic carbocycles. The van der Waals surface area contributed by atoms with E-state index in [-0.39, 0.29) is 5.78 Å². The van der Waals surface area contributed by atoms with Gasteiger partial charge in [0, 0.05) is 12.8 Å². The Morgan fingerprint density at radius 1 is 1.69 bits per heavy atom. The smallest absolute Gasteiger partial charge is 0.136 e. The van der Waals surface area contributed by atoms with Gasteiger partial charge in [-0.25, -0.2) is 0 Å². The van der Waals surface area contributed by atoms with Gasteiger partial charge in [0.2, 0.25) is 0 Å². The van der Waals surface area contributed by atoms with Crippen molar-refractivity contribution in [1.29, 1.82) is 5.26 Å². The largest absolute Gasteiger partial charge is 0.300 e. The van der Waals surface area contributed by atoms with Crippen LogP contribution in [0.25, 0.3) is 0 Å². The van der Waals surface area contributed by atoms with Crippen LogP contribution < -0.4 is 0 Å². The Morgan fingerprint density at radius 3 is 2.77 bits per heavy atom. The lowest BCUT2D eigenvalue weighted by Crippen LogP contribution is -2.40. The number of nitrogens with zero attached hydrogens (tertiary/aromatic N) is 2. The van der Waals surface area contributed by atoms with Crippen molar-refractivity contribution >= 4 is 21.7 Å². The summed E-state index contributed by atoms with van der Waals surface area (Å²) in [5.41, 5.74) is 0.0569. The number of H-pyrrole nitrogens is 1. The average molecular weight is 240 g/mol. The molecule has 0 bridgehead atoms. The summed E-state index contributed by atoms with van der Waals surface area (Å²) >= 11 is 3.28. The Bertz CT molecular complexity index is 396. The molecule has 0 unspecified atom stereocenters. The first-order valence-electron chi connectivity index (χ1n) is 3.80. The standard InChI is InChI=1S/C8H6BrN3O/c9-6-3-11-12-7(6)8(4-10)1-5(13)2-8/h3H,1-2H2,(H,11,12). The molecule has 1 aromatic heterocycles. The lowest BCUT2D eigenvalue weighted by Gasteiger charge is -2.32. The second-order valence-corrected chi connectivity index (χ2v) is 4.03. The van der Waals surface area contributed by atoms with E-state index in [1.54, 1.807) is 6.20 Å². The maximum atomic E-state index is 10.9. The van der Waals surface area contributed by atoms with Crippen molar-refractivity contribution in [2.45, 2.75) is 18.3 Å². The minimum atomic E-state index is -0.660. The average Bonchev–Trinajstić information content (AvgIpc) is 2.46. The van der Waals surface area contributed by atoms with Crippen LogP contribution in [0.2, 0.25) is 0 Å². The SMILES string of the molecule is N#CC1(c2[nH]ncc2Br)CC(=O)C1. The van der Waals surface area contributed by atoms with E-state index < -0.39 is 5.41 Å². The molecule has 0 aliphatic heterocycles. The van der Waals surface area contributed by atoms with Crippen LogP contribution in [-0.4, -0.2) is 16.0 Å². The highest BCUT2D eigenvalue weighted by molar-refractivity contribution is 9.10. The lowest BCUT2D eigenvalue weighted by atomic mass is 9.67. The summed E-state index contributed by atoms with van der Waals surface area (Å²) in [6.45, 7) is 0. The number of aromatic amines is 1. The summed E-state index contributed by atoms with van der Waals surface area (Å²) in [5, 5.41) is 15.5. The van der Waals surface area contributed by atoms with Crippen molar-refractivity contribution in [1.82, 2.24) is 10.2 Å². The fourth-order valence-electron chi connectivity index (χ4n) is 1.54. The number of nitrogens with one attached hydrogen (secondary N) is 1. The normalized spacial score (nSPS) is 19.2. The van der Waals surface area contributed by atoms with Gasteiger partial charge in [-0.3, -0.25) is 9.89 Å². The van der Waals surface area contributed by atoms with Crippen molar-refractivity contribution in [2.75, 3.05) is 0 Å². The minimum Gasteiger partial charge on any atom is -0.300 e. The summed E-state index contributed by atoms with van der Waals surface area (Å²) in [7, 11) is 0. The molecule has 1 aliphatic rings. The van der Waals surface area contributed by atoms with Crippen molar-refractivity contribution in [3.63, 3.8) is 0 Å². The Balaban J connectivity index is 2.41. The fourth-order valence-corrected chi connectivity index (χ4v) is 2.11. The predicted octanol–water partition coefficient (Wildman–Crippen LogP) is 1.30. The number of halogens is 1. The Kier molecular flexibility index (Phi) is 1.74. The van der Waals surface area contributed by atoms with Crippen LogP contribution in [0.1, 0.15) is 18.5 Å². The van der Waals surface area contributed by atoms with E-state index >= 15 is 0 Å². The number of nitriles is 1. The Labute approximate surface area is 83.1 Å². The topological polar surface area (TPSA) is 69.5 Å². The van der Waals surface area contributed by atoms with Crippen LogP contribution in [0.3, 0.4) is 0 Å². The van der Waals surface area contributed by atoms with Gasteiger partial charge < -0.3 is 0 Å². The molecule has 0 spiro atoms. The van der Waals surface area contributed by atoms with Crippen LogP contribution in [0.5, 0.6) is 0 Å². The number of carbonyl (C=O) groups excluding carboxylic acids is 1. The summed E-state index contributed by atoms with van der Waals surface area (Å²) < 4.78 is 0.765. The highest BCUT2D eigenvalue weighted by Crippen LogP contribution is 2.42. The van der Waals surface area contributed by atoms with Crippen molar-refractivity contribution in [2.24, 2.45) is 0 Å². The molecule has 1 aliphatic carbocycles. The number of hydrogen-bond donors (Lipinski definition) is 1. The second kappa shape index (κ2) is 2.67. The zero-order valence-corrected chi connectivity index (χ0v) is 8.26. The highest BCUT2D eigenvalue weighted by atomic mass is 79.9. The summed E-state index contributed by atoms with van der Waals surface area (Å²) in [6, 6.07) is 2.17. The van der Waals surface area contributed by atoms with Crippen molar-refractivity contribution in [3.8, 4) is 6.07 Å². The van der Waals surface area contributed by atoms with Crippen LogP contribution in [0.4, 0.5) is 0 Å². The molecule has 66 valence electrons. The monoisotopic (exact) mass is 239 g/mol.